The lowest BCUT2D eigenvalue weighted by Gasteiger charge is -2.36. The van der Waals surface area contributed by atoms with Gasteiger partial charge in [0.2, 0.25) is 0 Å². The van der Waals surface area contributed by atoms with E-state index in [9.17, 15) is 4.79 Å². The molecule has 0 aliphatic carbocycles. The van der Waals surface area contributed by atoms with E-state index in [2.05, 4.69) is 46.2 Å². The van der Waals surface area contributed by atoms with Gasteiger partial charge in [0.05, 0.1) is 18.0 Å². The van der Waals surface area contributed by atoms with Crippen LogP contribution in [0.15, 0.2) is 52.3 Å². The van der Waals surface area contributed by atoms with E-state index in [1.54, 1.807) is 23.8 Å². The van der Waals surface area contributed by atoms with Crippen LogP contribution >= 0.6 is 23.4 Å². The Bertz CT molecular complexity index is 905. The summed E-state index contributed by atoms with van der Waals surface area (Å²) >= 11 is 8.11. The lowest BCUT2D eigenvalue weighted by atomic mass is 10.2. The van der Waals surface area contributed by atoms with E-state index >= 15 is 0 Å². The number of hydrogen-bond acceptors (Lipinski definition) is 6. The van der Waals surface area contributed by atoms with Crippen molar-refractivity contribution in [2.75, 3.05) is 64.5 Å². The van der Waals surface area contributed by atoms with Crippen molar-refractivity contribution in [3.05, 3.63) is 47.5 Å². The summed E-state index contributed by atoms with van der Waals surface area (Å²) in [6, 6.07) is 14.7. The quantitative estimate of drug-likeness (QED) is 0.555. The SMILES string of the molecule is COCCOC(=O)N1CCN(CCCN2c3ccccc3Sc3ccc(Cl)cc32)CC1. The van der Waals surface area contributed by atoms with Crippen LogP contribution < -0.4 is 4.90 Å². The topological polar surface area (TPSA) is 45.3 Å². The normalized spacial score (nSPS) is 16.1. The standard InChI is InChI=1S/C23H28ClN3O3S/c1-29-15-16-30-23(28)26-13-11-25(12-14-26)9-4-10-27-19-5-2-3-6-21(19)31-22-8-7-18(24)17-20(22)27/h2-3,5-8,17H,4,9-16H2,1H3. The second kappa shape index (κ2) is 10.6. The lowest BCUT2D eigenvalue weighted by molar-refractivity contribution is 0.0561. The summed E-state index contributed by atoms with van der Waals surface area (Å²) in [7, 11) is 1.60. The molecule has 2 heterocycles. The van der Waals surface area contributed by atoms with Crippen molar-refractivity contribution >= 4 is 40.8 Å². The van der Waals surface area contributed by atoms with E-state index in [0.717, 1.165) is 37.6 Å². The van der Waals surface area contributed by atoms with Gasteiger partial charge in [0.1, 0.15) is 6.61 Å². The van der Waals surface area contributed by atoms with Gasteiger partial charge < -0.3 is 19.3 Å². The molecule has 166 valence electrons. The average Bonchev–Trinajstić information content (AvgIpc) is 2.79. The van der Waals surface area contributed by atoms with Gasteiger partial charge in [-0.1, -0.05) is 35.5 Å². The number of anilines is 2. The zero-order chi connectivity index (χ0) is 21.6. The van der Waals surface area contributed by atoms with Crippen LogP contribution in [0.2, 0.25) is 5.02 Å². The number of methoxy groups -OCH3 is 1. The van der Waals surface area contributed by atoms with Crippen LogP contribution in [-0.4, -0.2) is 75.5 Å². The Morgan fingerprint density at radius 1 is 1.00 bits per heavy atom. The number of nitrogens with zero attached hydrogens (tertiary/aromatic N) is 3. The fraction of sp³-hybridized carbons (Fsp3) is 0.435. The summed E-state index contributed by atoms with van der Waals surface area (Å²) in [6.07, 6.45) is 0.788. The van der Waals surface area contributed by atoms with E-state index in [1.807, 2.05) is 6.07 Å². The molecule has 1 fully saturated rings. The monoisotopic (exact) mass is 461 g/mol. The van der Waals surface area contributed by atoms with Crippen LogP contribution in [0.1, 0.15) is 6.42 Å². The molecule has 8 heteroatoms. The van der Waals surface area contributed by atoms with E-state index in [-0.39, 0.29) is 6.09 Å². The van der Waals surface area contributed by atoms with Gasteiger partial charge in [0.15, 0.2) is 0 Å². The number of ether oxygens (including phenoxy) is 2. The number of fused-ring (bicyclic) bond motifs is 2. The molecule has 0 bridgehead atoms. The Morgan fingerprint density at radius 3 is 2.58 bits per heavy atom. The van der Waals surface area contributed by atoms with Gasteiger partial charge in [-0.25, -0.2) is 4.79 Å². The van der Waals surface area contributed by atoms with E-state index in [4.69, 9.17) is 21.1 Å². The third-order valence-corrected chi connectivity index (χ3v) is 6.95. The molecule has 0 saturated carbocycles. The number of halogens is 1. The Morgan fingerprint density at radius 2 is 1.77 bits per heavy atom. The molecule has 0 unspecified atom stereocenters. The number of carbonyl (C=O) groups is 1. The first kappa shape index (κ1) is 22.3. The number of piperazine rings is 1. The molecule has 4 rings (SSSR count). The fourth-order valence-corrected chi connectivity index (χ4v) is 5.20. The molecule has 0 radical (unpaired) electrons. The number of benzene rings is 2. The van der Waals surface area contributed by atoms with E-state index in [0.29, 0.717) is 26.3 Å². The third-order valence-electron chi connectivity index (χ3n) is 5.59. The number of amides is 1. The zero-order valence-corrected chi connectivity index (χ0v) is 19.3. The van der Waals surface area contributed by atoms with Crippen LogP contribution in [0.5, 0.6) is 0 Å². The zero-order valence-electron chi connectivity index (χ0n) is 17.8. The molecule has 2 aliphatic heterocycles. The van der Waals surface area contributed by atoms with Gasteiger partial charge >= 0.3 is 6.09 Å². The summed E-state index contributed by atoms with van der Waals surface area (Å²) in [5, 5.41) is 0.761. The van der Waals surface area contributed by atoms with Crippen LogP contribution in [0.25, 0.3) is 0 Å². The highest BCUT2D eigenvalue weighted by atomic mass is 35.5. The van der Waals surface area contributed by atoms with Gasteiger partial charge in [-0.3, -0.25) is 4.90 Å². The van der Waals surface area contributed by atoms with Crippen molar-refractivity contribution in [1.82, 2.24) is 9.80 Å². The Kier molecular flexibility index (Phi) is 7.61. The van der Waals surface area contributed by atoms with Crippen LogP contribution in [0.3, 0.4) is 0 Å². The predicted molar refractivity (Wildman–Crippen MR) is 125 cm³/mol. The fourth-order valence-electron chi connectivity index (χ4n) is 3.95. The Balaban J connectivity index is 1.31. The third kappa shape index (κ3) is 5.47. The van der Waals surface area contributed by atoms with Crippen molar-refractivity contribution < 1.29 is 14.3 Å². The summed E-state index contributed by atoms with van der Waals surface area (Å²) in [5.41, 5.74) is 2.42. The first-order chi connectivity index (χ1) is 15.2. The molecular weight excluding hydrogens is 434 g/mol. The Labute approximate surface area is 193 Å². The highest BCUT2D eigenvalue weighted by Gasteiger charge is 2.25. The first-order valence-corrected chi connectivity index (χ1v) is 11.8. The Hall–Kier alpha value is -1.93. The van der Waals surface area contributed by atoms with Crippen molar-refractivity contribution in [2.45, 2.75) is 16.2 Å². The maximum Gasteiger partial charge on any atom is 0.409 e. The minimum absolute atomic E-state index is 0.243. The van der Waals surface area contributed by atoms with Crippen LogP contribution in [-0.2, 0) is 9.47 Å². The van der Waals surface area contributed by atoms with Crippen molar-refractivity contribution in [1.29, 1.82) is 0 Å². The molecule has 0 spiro atoms. The van der Waals surface area contributed by atoms with Crippen molar-refractivity contribution in [3.8, 4) is 0 Å². The summed E-state index contributed by atoms with van der Waals surface area (Å²) in [5.74, 6) is 0. The second-order valence-electron chi connectivity index (χ2n) is 7.62. The van der Waals surface area contributed by atoms with Gasteiger partial charge in [0.25, 0.3) is 0 Å². The number of hydrogen-bond donors (Lipinski definition) is 0. The number of para-hydroxylation sites is 1. The smallest absolute Gasteiger partial charge is 0.409 e. The van der Waals surface area contributed by atoms with Crippen molar-refractivity contribution in [2.24, 2.45) is 0 Å². The maximum atomic E-state index is 12.1. The molecule has 0 atom stereocenters. The average molecular weight is 462 g/mol. The van der Waals surface area contributed by atoms with Gasteiger partial charge in [-0.2, -0.15) is 0 Å². The number of carbonyl (C=O) groups excluding carboxylic acids is 1. The van der Waals surface area contributed by atoms with Crippen molar-refractivity contribution in [3.63, 3.8) is 0 Å². The van der Waals surface area contributed by atoms with E-state index < -0.39 is 0 Å². The molecule has 31 heavy (non-hydrogen) atoms. The molecule has 0 N–H and O–H groups in total. The summed E-state index contributed by atoms with van der Waals surface area (Å²) in [4.78, 5) is 21.2. The molecular formula is C23H28ClN3O3S. The molecule has 6 nitrogen and oxygen atoms in total. The largest absolute Gasteiger partial charge is 0.447 e. The molecule has 1 amide bonds. The molecule has 2 aromatic rings. The highest BCUT2D eigenvalue weighted by Crippen LogP contribution is 2.48. The minimum atomic E-state index is -0.243. The highest BCUT2D eigenvalue weighted by molar-refractivity contribution is 7.99. The van der Waals surface area contributed by atoms with Gasteiger partial charge in [-0.05, 0) is 43.3 Å². The van der Waals surface area contributed by atoms with Gasteiger partial charge in [0, 0.05) is 54.6 Å². The number of rotatable bonds is 7. The van der Waals surface area contributed by atoms with Crippen LogP contribution in [0, 0.1) is 0 Å². The summed E-state index contributed by atoms with van der Waals surface area (Å²) in [6.45, 7) is 5.79. The van der Waals surface area contributed by atoms with Crippen LogP contribution in [0.4, 0.5) is 16.2 Å². The lowest BCUT2D eigenvalue weighted by Crippen LogP contribution is -2.49. The predicted octanol–water partition coefficient (Wildman–Crippen LogP) is 4.73. The molecule has 0 aromatic heterocycles. The minimum Gasteiger partial charge on any atom is -0.447 e. The molecule has 2 aromatic carbocycles. The maximum absolute atomic E-state index is 12.1. The molecule has 1 saturated heterocycles. The molecule has 2 aliphatic rings. The van der Waals surface area contributed by atoms with E-state index in [1.165, 1.54) is 21.2 Å². The van der Waals surface area contributed by atoms with Gasteiger partial charge in [-0.15, -0.1) is 0 Å². The second-order valence-corrected chi connectivity index (χ2v) is 9.14. The summed E-state index contributed by atoms with van der Waals surface area (Å²) < 4.78 is 10.1. The first-order valence-electron chi connectivity index (χ1n) is 10.6.